The maximum atomic E-state index is 12.8. The highest BCUT2D eigenvalue weighted by Gasteiger charge is 2.23. The average molecular weight is 382 g/mol. The van der Waals surface area contributed by atoms with Gasteiger partial charge in [-0.15, -0.1) is 12.4 Å². The third-order valence-corrected chi connectivity index (χ3v) is 4.10. The largest absolute Gasteiger partial charge is 0.507 e. The quantitative estimate of drug-likeness (QED) is 0.752. The molecule has 0 aliphatic carbocycles. The number of hydrogen-bond acceptors (Lipinski definition) is 3. The van der Waals surface area contributed by atoms with Gasteiger partial charge in [-0.1, -0.05) is 32.4 Å². The maximum Gasteiger partial charge on any atom is 0.193 e. The Balaban J connectivity index is 0.00000312. The number of carbonyl (C=O) groups is 1. The summed E-state index contributed by atoms with van der Waals surface area (Å²) >= 11 is 5.90. The van der Waals surface area contributed by atoms with Crippen molar-refractivity contribution >= 4 is 29.8 Å². The topological polar surface area (TPSA) is 40.5 Å². The van der Waals surface area contributed by atoms with Gasteiger partial charge in [0.05, 0.1) is 0 Å². The van der Waals surface area contributed by atoms with Crippen LogP contribution in [0, 0.1) is 0 Å². The highest BCUT2D eigenvalue weighted by atomic mass is 35.5. The lowest BCUT2D eigenvalue weighted by Gasteiger charge is -2.24. The van der Waals surface area contributed by atoms with E-state index in [2.05, 4.69) is 0 Å². The minimum atomic E-state index is -0.262. The molecule has 0 amide bonds. The predicted molar refractivity (Wildman–Crippen MR) is 106 cm³/mol. The number of aromatic hydroxyl groups is 1. The van der Waals surface area contributed by atoms with E-state index >= 15 is 0 Å². The van der Waals surface area contributed by atoms with Crippen LogP contribution in [0.3, 0.4) is 0 Å². The van der Waals surface area contributed by atoms with Gasteiger partial charge in [-0.25, -0.2) is 0 Å². The van der Waals surface area contributed by atoms with Crippen LogP contribution in [0.5, 0.6) is 5.75 Å². The van der Waals surface area contributed by atoms with Gasteiger partial charge in [0, 0.05) is 33.8 Å². The first-order chi connectivity index (χ1) is 11.1. The predicted octanol–water partition coefficient (Wildman–Crippen LogP) is 5.06. The average Bonchev–Trinajstić information content (AvgIpc) is 2.47. The van der Waals surface area contributed by atoms with Crippen molar-refractivity contribution in [2.75, 3.05) is 14.1 Å². The molecule has 0 atom stereocenters. The van der Waals surface area contributed by atoms with E-state index in [0.29, 0.717) is 22.7 Å². The lowest BCUT2D eigenvalue weighted by atomic mass is 9.83. The van der Waals surface area contributed by atoms with Gasteiger partial charge >= 0.3 is 0 Å². The second-order valence-electron chi connectivity index (χ2n) is 7.36. The summed E-state index contributed by atoms with van der Waals surface area (Å²) in [6.07, 6.45) is 0. The zero-order valence-corrected chi connectivity index (χ0v) is 16.8. The van der Waals surface area contributed by atoms with Crippen LogP contribution in [0.15, 0.2) is 36.4 Å². The Bertz CT molecular complexity index is 748. The highest BCUT2D eigenvalue weighted by Crippen LogP contribution is 2.35. The molecule has 0 spiro atoms. The second kappa shape index (κ2) is 8.22. The van der Waals surface area contributed by atoms with E-state index in [1.165, 1.54) is 0 Å². The minimum absolute atomic E-state index is 0. The molecule has 0 aliphatic heterocycles. The van der Waals surface area contributed by atoms with Crippen molar-refractivity contribution in [3.05, 3.63) is 63.7 Å². The van der Waals surface area contributed by atoms with Crippen LogP contribution >= 0.6 is 24.0 Å². The summed E-state index contributed by atoms with van der Waals surface area (Å²) in [4.78, 5) is 14.8. The number of benzene rings is 2. The van der Waals surface area contributed by atoms with E-state index in [1.807, 2.05) is 39.8 Å². The molecule has 0 saturated carbocycles. The molecular weight excluding hydrogens is 357 g/mol. The summed E-state index contributed by atoms with van der Waals surface area (Å²) in [6.45, 7) is 6.64. The molecule has 136 valence electrons. The van der Waals surface area contributed by atoms with Gasteiger partial charge in [0.15, 0.2) is 5.78 Å². The number of halogens is 2. The zero-order valence-electron chi connectivity index (χ0n) is 15.3. The first-order valence-electron chi connectivity index (χ1n) is 7.91. The molecule has 0 bridgehead atoms. The molecular formula is C20H25Cl2NO2. The first-order valence-corrected chi connectivity index (χ1v) is 8.28. The van der Waals surface area contributed by atoms with Crippen LogP contribution in [-0.2, 0) is 12.0 Å². The van der Waals surface area contributed by atoms with E-state index in [0.717, 1.165) is 11.1 Å². The Kier molecular flexibility index (Phi) is 7.07. The Morgan fingerprint density at radius 2 is 1.64 bits per heavy atom. The van der Waals surface area contributed by atoms with Crippen molar-refractivity contribution in [1.82, 2.24) is 4.90 Å². The molecule has 2 aromatic carbocycles. The van der Waals surface area contributed by atoms with Crippen molar-refractivity contribution in [2.45, 2.75) is 32.7 Å². The Hall–Kier alpha value is -1.55. The molecule has 3 nitrogen and oxygen atoms in total. The molecule has 0 heterocycles. The van der Waals surface area contributed by atoms with Crippen molar-refractivity contribution in [2.24, 2.45) is 0 Å². The fourth-order valence-corrected chi connectivity index (χ4v) is 2.75. The number of phenols is 1. The zero-order chi connectivity index (χ0) is 18.1. The summed E-state index contributed by atoms with van der Waals surface area (Å²) in [7, 11) is 3.87. The molecule has 0 aliphatic rings. The maximum absolute atomic E-state index is 12.8. The molecule has 0 fully saturated rings. The van der Waals surface area contributed by atoms with Crippen molar-refractivity contribution < 1.29 is 9.90 Å². The molecule has 0 unspecified atom stereocenters. The van der Waals surface area contributed by atoms with E-state index in [1.54, 1.807) is 36.4 Å². The molecule has 2 rings (SSSR count). The lowest BCUT2D eigenvalue weighted by Crippen LogP contribution is -2.17. The van der Waals surface area contributed by atoms with E-state index in [4.69, 9.17) is 11.6 Å². The minimum Gasteiger partial charge on any atom is -0.507 e. The van der Waals surface area contributed by atoms with Gasteiger partial charge in [-0.05, 0) is 55.9 Å². The monoisotopic (exact) mass is 381 g/mol. The van der Waals surface area contributed by atoms with Gasteiger partial charge < -0.3 is 10.0 Å². The van der Waals surface area contributed by atoms with Gasteiger partial charge in [-0.3, -0.25) is 4.79 Å². The van der Waals surface area contributed by atoms with Gasteiger partial charge in [-0.2, -0.15) is 0 Å². The Labute approximate surface area is 161 Å². The number of phenolic OH excluding ortho intramolecular Hbond substituents is 1. The molecule has 0 radical (unpaired) electrons. The summed E-state index contributed by atoms with van der Waals surface area (Å²) < 4.78 is 0. The number of carbonyl (C=O) groups excluding carboxylic acids is 1. The summed E-state index contributed by atoms with van der Waals surface area (Å²) in [6, 6.07) is 10.4. The fourth-order valence-electron chi connectivity index (χ4n) is 2.63. The molecule has 1 N–H and O–H groups in total. The molecule has 2 aromatic rings. The lowest BCUT2D eigenvalue weighted by molar-refractivity contribution is 0.103. The standard InChI is InChI=1S/C20H24ClNO2.ClH/c1-20(2,3)17-11-14(10-15(19(17)24)12-22(4)5)18(23)13-6-8-16(21)9-7-13;/h6-11,24H,12H2,1-5H3;1H. The summed E-state index contributed by atoms with van der Waals surface area (Å²) in [5, 5.41) is 11.2. The van der Waals surface area contributed by atoms with E-state index in [-0.39, 0.29) is 29.4 Å². The van der Waals surface area contributed by atoms with Crippen molar-refractivity contribution in [1.29, 1.82) is 0 Å². The molecule has 0 aromatic heterocycles. The number of rotatable bonds is 4. The first kappa shape index (κ1) is 21.5. The Morgan fingerprint density at radius 1 is 1.08 bits per heavy atom. The van der Waals surface area contributed by atoms with Gasteiger partial charge in [0.2, 0.25) is 0 Å². The molecule has 25 heavy (non-hydrogen) atoms. The molecule has 5 heteroatoms. The van der Waals surface area contributed by atoms with Crippen molar-refractivity contribution in [3.8, 4) is 5.75 Å². The Morgan fingerprint density at radius 3 is 2.12 bits per heavy atom. The van der Waals surface area contributed by atoms with Crippen molar-refractivity contribution in [3.63, 3.8) is 0 Å². The molecule has 0 saturated heterocycles. The number of nitrogens with zero attached hydrogens (tertiary/aromatic N) is 1. The van der Waals surface area contributed by atoms with E-state index in [9.17, 15) is 9.90 Å². The van der Waals surface area contributed by atoms with Crippen LogP contribution in [0.1, 0.15) is 47.8 Å². The highest BCUT2D eigenvalue weighted by molar-refractivity contribution is 6.30. The van der Waals surface area contributed by atoms with Crippen LogP contribution in [0.25, 0.3) is 0 Å². The fraction of sp³-hybridized carbons (Fsp3) is 0.350. The summed E-state index contributed by atoms with van der Waals surface area (Å²) in [5.74, 6) is 0.195. The SMILES string of the molecule is CN(C)Cc1cc(C(=O)c2ccc(Cl)cc2)cc(C(C)(C)C)c1O.Cl. The van der Waals surface area contributed by atoms with Gasteiger partial charge in [0.25, 0.3) is 0 Å². The number of hydrogen-bond donors (Lipinski definition) is 1. The number of ketones is 1. The summed E-state index contributed by atoms with van der Waals surface area (Å²) in [5.41, 5.74) is 2.43. The van der Waals surface area contributed by atoms with Crippen LogP contribution in [-0.4, -0.2) is 29.9 Å². The third kappa shape index (κ3) is 5.21. The van der Waals surface area contributed by atoms with E-state index < -0.39 is 0 Å². The second-order valence-corrected chi connectivity index (χ2v) is 7.79. The van der Waals surface area contributed by atoms with Crippen LogP contribution < -0.4 is 0 Å². The van der Waals surface area contributed by atoms with Crippen LogP contribution in [0.2, 0.25) is 5.02 Å². The normalized spacial score (nSPS) is 11.3. The van der Waals surface area contributed by atoms with Crippen LogP contribution in [0.4, 0.5) is 0 Å². The third-order valence-electron chi connectivity index (χ3n) is 3.85. The smallest absolute Gasteiger partial charge is 0.193 e. The van der Waals surface area contributed by atoms with Gasteiger partial charge in [0.1, 0.15) is 5.75 Å².